The second-order valence-electron chi connectivity index (χ2n) is 3.85. The molecule has 86 valence electrons. The van der Waals surface area contributed by atoms with Crippen LogP contribution in [0.25, 0.3) is 16.9 Å². The fourth-order valence-corrected chi connectivity index (χ4v) is 1.86. The molecular weight excluding hydrogens is 226 g/mol. The minimum absolute atomic E-state index is 0.312. The zero-order chi connectivity index (χ0) is 12.5. The highest BCUT2D eigenvalue weighted by molar-refractivity contribution is 5.77. The van der Waals surface area contributed by atoms with Gasteiger partial charge in [0.1, 0.15) is 23.7 Å². The number of aryl methyl sites for hydroxylation is 1. The van der Waals surface area contributed by atoms with Gasteiger partial charge in [0.2, 0.25) is 0 Å². The lowest BCUT2D eigenvalue weighted by Crippen LogP contribution is -1.98. The summed E-state index contributed by atoms with van der Waals surface area (Å²) in [5.74, 6) is 0.566. The van der Waals surface area contributed by atoms with Crippen LogP contribution < -0.4 is 0 Å². The van der Waals surface area contributed by atoms with Crippen LogP contribution in [0.3, 0.4) is 0 Å². The van der Waals surface area contributed by atoms with E-state index >= 15 is 0 Å². The third kappa shape index (κ3) is 1.52. The minimum Gasteiger partial charge on any atom is -0.283 e. The molecule has 0 amide bonds. The van der Waals surface area contributed by atoms with Crippen LogP contribution in [0.1, 0.15) is 11.5 Å². The van der Waals surface area contributed by atoms with E-state index in [9.17, 15) is 0 Å². The Hall–Kier alpha value is -2.74. The van der Waals surface area contributed by atoms with Gasteiger partial charge in [0, 0.05) is 5.69 Å². The maximum atomic E-state index is 9.05. The lowest BCUT2D eigenvalue weighted by Gasteiger charge is -2.03. The highest BCUT2D eigenvalue weighted by Gasteiger charge is 2.12. The van der Waals surface area contributed by atoms with E-state index in [4.69, 9.17) is 5.26 Å². The van der Waals surface area contributed by atoms with Crippen LogP contribution in [0, 0.1) is 18.3 Å². The van der Waals surface area contributed by atoms with Crippen molar-refractivity contribution in [3.63, 3.8) is 0 Å². The molecule has 0 N–H and O–H groups in total. The summed E-state index contributed by atoms with van der Waals surface area (Å²) >= 11 is 0. The fourth-order valence-electron chi connectivity index (χ4n) is 1.86. The predicted molar refractivity (Wildman–Crippen MR) is 66.1 cm³/mol. The number of nitrogens with zero attached hydrogens (tertiary/aromatic N) is 5. The number of hydrogen-bond acceptors (Lipinski definition) is 4. The molecule has 0 aliphatic rings. The van der Waals surface area contributed by atoms with E-state index in [2.05, 4.69) is 15.0 Å². The zero-order valence-electron chi connectivity index (χ0n) is 9.70. The molecule has 0 atom stereocenters. The van der Waals surface area contributed by atoms with Gasteiger partial charge in [-0.15, -0.1) is 0 Å². The summed E-state index contributed by atoms with van der Waals surface area (Å²) in [5, 5.41) is 9.05. The van der Waals surface area contributed by atoms with Crippen molar-refractivity contribution in [2.24, 2.45) is 0 Å². The van der Waals surface area contributed by atoms with E-state index in [-0.39, 0.29) is 0 Å². The van der Waals surface area contributed by atoms with Crippen LogP contribution in [0.15, 0.2) is 36.7 Å². The normalized spacial score (nSPS) is 10.4. The number of rotatable bonds is 1. The second-order valence-corrected chi connectivity index (χ2v) is 3.85. The van der Waals surface area contributed by atoms with Crippen LogP contribution in [0.2, 0.25) is 0 Å². The molecule has 2 aromatic heterocycles. The number of fused-ring (bicyclic) bond motifs is 1. The number of para-hydroxylation sites is 1. The fraction of sp³-hybridized carbons (Fsp3) is 0.0769. The quantitative estimate of drug-likeness (QED) is 0.647. The summed E-state index contributed by atoms with van der Waals surface area (Å²) in [6, 6.07) is 11.8. The molecule has 0 radical (unpaired) electrons. The van der Waals surface area contributed by atoms with E-state index in [0.717, 1.165) is 5.69 Å². The molecule has 5 nitrogen and oxygen atoms in total. The zero-order valence-corrected chi connectivity index (χ0v) is 9.70. The summed E-state index contributed by atoms with van der Waals surface area (Å²) in [6.07, 6.45) is 1.66. The van der Waals surface area contributed by atoms with Gasteiger partial charge in [-0.2, -0.15) is 5.26 Å². The molecule has 0 unspecified atom stereocenters. The molecule has 0 saturated heterocycles. The molecule has 3 rings (SSSR count). The van der Waals surface area contributed by atoms with E-state index in [1.807, 2.05) is 41.0 Å². The Bertz CT molecular complexity index is 752. The first-order chi connectivity index (χ1) is 8.79. The van der Waals surface area contributed by atoms with Crippen molar-refractivity contribution in [3.05, 3.63) is 48.2 Å². The first kappa shape index (κ1) is 10.4. The first-order valence-corrected chi connectivity index (χ1v) is 5.47. The molecule has 0 aliphatic carbocycles. The molecule has 2 heterocycles. The highest BCUT2D eigenvalue weighted by Crippen LogP contribution is 2.18. The highest BCUT2D eigenvalue weighted by atomic mass is 15.1. The SMILES string of the molecule is Cc1nc(C#N)c2ncn(-c3ccccc3)c2n1. The van der Waals surface area contributed by atoms with E-state index in [1.54, 1.807) is 13.3 Å². The number of benzene rings is 1. The average molecular weight is 235 g/mol. The second kappa shape index (κ2) is 3.93. The topological polar surface area (TPSA) is 67.4 Å². The Morgan fingerprint density at radius 1 is 1.17 bits per heavy atom. The number of imidazole rings is 1. The van der Waals surface area contributed by atoms with Crippen LogP contribution in [-0.4, -0.2) is 19.5 Å². The van der Waals surface area contributed by atoms with Gasteiger partial charge in [-0.05, 0) is 19.1 Å². The van der Waals surface area contributed by atoms with Gasteiger partial charge < -0.3 is 0 Å². The van der Waals surface area contributed by atoms with Crippen molar-refractivity contribution in [2.75, 3.05) is 0 Å². The molecule has 0 saturated carbocycles. The van der Waals surface area contributed by atoms with Crippen LogP contribution in [0.5, 0.6) is 0 Å². The molecule has 0 bridgehead atoms. The summed E-state index contributed by atoms with van der Waals surface area (Å²) in [4.78, 5) is 12.7. The Balaban J connectivity index is 2.34. The summed E-state index contributed by atoms with van der Waals surface area (Å²) in [6.45, 7) is 1.77. The summed E-state index contributed by atoms with van der Waals surface area (Å²) in [5.41, 5.74) is 2.46. The van der Waals surface area contributed by atoms with E-state index in [0.29, 0.717) is 22.7 Å². The predicted octanol–water partition coefficient (Wildman–Crippen LogP) is 2.00. The van der Waals surface area contributed by atoms with Crippen LogP contribution in [0.4, 0.5) is 0 Å². The smallest absolute Gasteiger partial charge is 0.172 e. The molecule has 5 heteroatoms. The monoisotopic (exact) mass is 235 g/mol. The van der Waals surface area contributed by atoms with Crippen LogP contribution in [-0.2, 0) is 0 Å². The van der Waals surface area contributed by atoms with Gasteiger partial charge in [0.25, 0.3) is 0 Å². The number of nitriles is 1. The molecule has 0 aliphatic heterocycles. The van der Waals surface area contributed by atoms with Gasteiger partial charge in [0.05, 0.1) is 0 Å². The molecular formula is C13H9N5. The molecule has 18 heavy (non-hydrogen) atoms. The van der Waals surface area contributed by atoms with Crippen molar-refractivity contribution in [2.45, 2.75) is 6.92 Å². The summed E-state index contributed by atoms with van der Waals surface area (Å²) in [7, 11) is 0. The number of aromatic nitrogens is 4. The van der Waals surface area contributed by atoms with Crippen LogP contribution >= 0.6 is 0 Å². The molecule has 1 aromatic carbocycles. The minimum atomic E-state index is 0.312. The largest absolute Gasteiger partial charge is 0.283 e. The van der Waals surface area contributed by atoms with Gasteiger partial charge in [-0.3, -0.25) is 4.57 Å². The van der Waals surface area contributed by atoms with Crippen molar-refractivity contribution >= 4 is 11.2 Å². The lowest BCUT2D eigenvalue weighted by atomic mass is 10.3. The van der Waals surface area contributed by atoms with Gasteiger partial charge >= 0.3 is 0 Å². The van der Waals surface area contributed by atoms with Gasteiger partial charge in [0.15, 0.2) is 11.3 Å². The van der Waals surface area contributed by atoms with Crippen molar-refractivity contribution in [3.8, 4) is 11.8 Å². The maximum absolute atomic E-state index is 9.05. The van der Waals surface area contributed by atoms with Crippen molar-refractivity contribution in [1.82, 2.24) is 19.5 Å². The summed E-state index contributed by atoms with van der Waals surface area (Å²) < 4.78 is 1.85. The lowest BCUT2D eigenvalue weighted by molar-refractivity contribution is 1.02. The molecule has 3 aromatic rings. The first-order valence-electron chi connectivity index (χ1n) is 5.47. The number of hydrogen-bond donors (Lipinski definition) is 0. The third-order valence-electron chi connectivity index (χ3n) is 2.65. The average Bonchev–Trinajstić information content (AvgIpc) is 2.82. The maximum Gasteiger partial charge on any atom is 0.172 e. The Kier molecular flexibility index (Phi) is 2.27. The Labute approximate surface area is 103 Å². The Morgan fingerprint density at radius 3 is 2.67 bits per heavy atom. The van der Waals surface area contributed by atoms with E-state index in [1.165, 1.54) is 0 Å². The van der Waals surface area contributed by atoms with E-state index < -0.39 is 0 Å². The standard InChI is InChI=1S/C13H9N5/c1-9-16-11(7-14)12-13(17-9)18(8-15-12)10-5-3-2-4-6-10/h2-6,8H,1H3. The third-order valence-corrected chi connectivity index (χ3v) is 2.65. The molecule has 0 fully saturated rings. The van der Waals surface area contributed by atoms with Crippen molar-refractivity contribution < 1.29 is 0 Å². The molecule has 0 spiro atoms. The van der Waals surface area contributed by atoms with Gasteiger partial charge in [-0.25, -0.2) is 15.0 Å². The Morgan fingerprint density at radius 2 is 1.94 bits per heavy atom. The van der Waals surface area contributed by atoms with Gasteiger partial charge in [-0.1, -0.05) is 18.2 Å². The van der Waals surface area contributed by atoms with Crippen molar-refractivity contribution in [1.29, 1.82) is 5.26 Å².